The first kappa shape index (κ1) is 31.8. The molecule has 0 aliphatic rings. The predicted octanol–water partition coefficient (Wildman–Crippen LogP) is 7.58. The third kappa shape index (κ3) is 21.7. The summed E-state index contributed by atoms with van der Waals surface area (Å²) in [7, 11) is 0. The highest BCUT2D eigenvalue weighted by Crippen LogP contribution is 2.13. The van der Waals surface area contributed by atoms with Gasteiger partial charge in [-0.05, 0) is 12.8 Å². The standard InChI is InChI=1S/C28H58O4/c1-3-5-7-9-11-13-15-17-19-21-23-31-27(25-29)28(26-30)32-24-22-20-18-16-14-12-10-8-6-4-2/h27-30H,3-26H2,1-2H3/t27-,28-/m0/s1. The normalized spacial score (nSPS) is 13.5. The molecule has 4 nitrogen and oxygen atoms in total. The minimum absolute atomic E-state index is 0.0962. The molecule has 2 N–H and O–H groups in total. The molecular formula is C28H58O4. The van der Waals surface area contributed by atoms with Crippen LogP contribution in [0, 0.1) is 0 Å². The number of aliphatic hydroxyl groups excluding tert-OH is 2. The molecule has 0 radical (unpaired) electrons. The molecule has 0 aromatic carbocycles. The van der Waals surface area contributed by atoms with Crippen LogP contribution in [0.5, 0.6) is 0 Å². The SMILES string of the molecule is CCCCCCCCCCCCO[C@@H](CO)[C@H](CO)OCCCCCCCCCCCC. The van der Waals surface area contributed by atoms with Crippen LogP contribution in [0.4, 0.5) is 0 Å². The molecule has 0 spiro atoms. The first-order chi connectivity index (χ1) is 15.8. The van der Waals surface area contributed by atoms with Crippen molar-refractivity contribution in [1.29, 1.82) is 0 Å². The third-order valence-electron chi connectivity index (χ3n) is 6.43. The Morgan fingerprint density at radius 3 is 0.906 bits per heavy atom. The molecule has 0 unspecified atom stereocenters. The summed E-state index contributed by atoms with van der Waals surface area (Å²) in [5.74, 6) is 0. The first-order valence-corrected chi connectivity index (χ1v) is 14.2. The van der Waals surface area contributed by atoms with Gasteiger partial charge in [-0.15, -0.1) is 0 Å². The van der Waals surface area contributed by atoms with Crippen LogP contribution in [-0.4, -0.2) is 48.8 Å². The maximum Gasteiger partial charge on any atom is 0.109 e. The number of hydrogen-bond acceptors (Lipinski definition) is 4. The zero-order valence-electron chi connectivity index (χ0n) is 21.8. The van der Waals surface area contributed by atoms with E-state index in [1.165, 1.54) is 116 Å². The van der Waals surface area contributed by atoms with Crippen molar-refractivity contribution in [2.45, 2.75) is 154 Å². The molecule has 2 atom stereocenters. The van der Waals surface area contributed by atoms with Gasteiger partial charge in [0.25, 0.3) is 0 Å². The monoisotopic (exact) mass is 458 g/mol. The van der Waals surface area contributed by atoms with E-state index in [0.29, 0.717) is 13.2 Å². The molecule has 0 rings (SSSR count). The van der Waals surface area contributed by atoms with E-state index in [1.807, 2.05) is 0 Å². The van der Waals surface area contributed by atoms with Crippen molar-refractivity contribution >= 4 is 0 Å². The molecule has 0 bridgehead atoms. The first-order valence-electron chi connectivity index (χ1n) is 14.2. The van der Waals surface area contributed by atoms with Gasteiger partial charge in [0.1, 0.15) is 12.2 Å². The van der Waals surface area contributed by atoms with E-state index in [9.17, 15) is 10.2 Å². The van der Waals surface area contributed by atoms with Gasteiger partial charge in [0.05, 0.1) is 13.2 Å². The Balaban J connectivity index is 3.59. The lowest BCUT2D eigenvalue weighted by molar-refractivity contribution is -0.110. The molecule has 0 fully saturated rings. The van der Waals surface area contributed by atoms with Crippen LogP contribution in [-0.2, 0) is 9.47 Å². The van der Waals surface area contributed by atoms with Gasteiger partial charge in [-0.1, -0.05) is 129 Å². The van der Waals surface area contributed by atoms with Crippen molar-refractivity contribution in [2.75, 3.05) is 26.4 Å². The minimum atomic E-state index is -0.415. The third-order valence-corrected chi connectivity index (χ3v) is 6.43. The molecule has 194 valence electrons. The predicted molar refractivity (Wildman–Crippen MR) is 137 cm³/mol. The molecule has 0 heterocycles. The average Bonchev–Trinajstić information content (AvgIpc) is 2.81. The van der Waals surface area contributed by atoms with Gasteiger partial charge in [-0.25, -0.2) is 0 Å². The molecule has 0 aromatic rings. The van der Waals surface area contributed by atoms with Crippen LogP contribution in [0.3, 0.4) is 0 Å². The number of aliphatic hydroxyl groups is 2. The number of unbranched alkanes of at least 4 members (excludes halogenated alkanes) is 18. The number of ether oxygens (including phenoxy) is 2. The lowest BCUT2D eigenvalue weighted by Crippen LogP contribution is -2.38. The van der Waals surface area contributed by atoms with Gasteiger partial charge in [0, 0.05) is 13.2 Å². The molecule has 0 aliphatic carbocycles. The topological polar surface area (TPSA) is 58.9 Å². The number of hydrogen-bond donors (Lipinski definition) is 2. The van der Waals surface area contributed by atoms with E-state index < -0.39 is 12.2 Å². The zero-order valence-corrected chi connectivity index (χ0v) is 21.8. The highest BCUT2D eigenvalue weighted by Gasteiger charge is 2.21. The Morgan fingerprint density at radius 1 is 0.406 bits per heavy atom. The summed E-state index contributed by atoms with van der Waals surface area (Å²) in [6.45, 7) is 5.61. The lowest BCUT2D eigenvalue weighted by Gasteiger charge is -2.24. The highest BCUT2D eigenvalue weighted by molar-refractivity contribution is 4.69. The molecule has 4 heteroatoms. The van der Waals surface area contributed by atoms with Crippen molar-refractivity contribution in [1.82, 2.24) is 0 Å². The summed E-state index contributed by atoms with van der Waals surface area (Å²) in [6, 6.07) is 0. The zero-order chi connectivity index (χ0) is 23.5. The minimum Gasteiger partial charge on any atom is -0.394 e. The van der Waals surface area contributed by atoms with E-state index in [1.54, 1.807) is 0 Å². The second kappa shape index (κ2) is 27.1. The van der Waals surface area contributed by atoms with Gasteiger partial charge in [-0.3, -0.25) is 0 Å². The summed E-state index contributed by atoms with van der Waals surface area (Å²) < 4.78 is 11.7. The van der Waals surface area contributed by atoms with Crippen molar-refractivity contribution in [3.05, 3.63) is 0 Å². The van der Waals surface area contributed by atoms with Gasteiger partial charge < -0.3 is 19.7 Å². The fourth-order valence-corrected chi connectivity index (χ4v) is 4.20. The van der Waals surface area contributed by atoms with E-state index in [-0.39, 0.29) is 13.2 Å². The summed E-state index contributed by atoms with van der Waals surface area (Å²) in [5, 5.41) is 19.3. The Labute approximate surface area is 200 Å². The van der Waals surface area contributed by atoms with Crippen molar-refractivity contribution in [2.24, 2.45) is 0 Å². The van der Waals surface area contributed by atoms with Crippen LogP contribution in [0.15, 0.2) is 0 Å². The lowest BCUT2D eigenvalue weighted by atomic mass is 10.1. The van der Waals surface area contributed by atoms with Crippen LogP contribution < -0.4 is 0 Å². The molecule has 0 saturated heterocycles. The van der Waals surface area contributed by atoms with Gasteiger partial charge in [0.15, 0.2) is 0 Å². The van der Waals surface area contributed by atoms with Crippen LogP contribution in [0.25, 0.3) is 0 Å². The highest BCUT2D eigenvalue weighted by atomic mass is 16.6. The molecule has 0 amide bonds. The van der Waals surface area contributed by atoms with Gasteiger partial charge >= 0.3 is 0 Å². The largest absolute Gasteiger partial charge is 0.394 e. The van der Waals surface area contributed by atoms with Crippen molar-refractivity contribution in [3.8, 4) is 0 Å². The Hall–Kier alpha value is -0.160. The van der Waals surface area contributed by atoms with E-state index in [4.69, 9.17) is 9.47 Å². The molecule has 0 saturated carbocycles. The van der Waals surface area contributed by atoms with Crippen LogP contribution >= 0.6 is 0 Å². The van der Waals surface area contributed by atoms with Crippen molar-refractivity contribution < 1.29 is 19.7 Å². The van der Waals surface area contributed by atoms with Gasteiger partial charge in [-0.2, -0.15) is 0 Å². The molecule has 0 aliphatic heterocycles. The van der Waals surface area contributed by atoms with E-state index >= 15 is 0 Å². The Bertz CT molecular complexity index is 305. The fraction of sp³-hybridized carbons (Fsp3) is 1.00. The summed E-state index contributed by atoms with van der Waals surface area (Å²) in [6.07, 6.45) is 25.1. The maximum absolute atomic E-state index is 9.65. The number of rotatable bonds is 27. The van der Waals surface area contributed by atoms with Gasteiger partial charge in [0.2, 0.25) is 0 Å². The summed E-state index contributed by atoms with van der Waals surface area (Å²) in [5.41, 5.74) is 0. The molecule has 0 aromatic heterocycles. The Morgan fingerprint density at radius 2 is 0.656 bits per heavy atom. The second-order valence-corrected chi connectivity index (χ2v) is 9.55. The molecular weight excluding hydrogens is 400 g/mol. The summed E-state index contributed by atoms with van der Waals surface area (Å²) in [4.78, 5) is 0. The smallest absolute Gasteiger partial charge is 0.109 e. The Kier molecular flexibility index (Phi) is 27.0. The average molecular weight is 459 g/mol. The van der Waals surface area contributed by atoms with E-state index in [0.717, 1.165) is 12.8 Å². The van der Waals surface area contributed by atoms with Crippen molar-refractivity contribution in [3.63, 3.8) is 0 Å². The molecule has 32 heavy (non-hydrogen) atoms. The maximum atomic E-state index is 9.65. The quantitative estimate of drug-likeness (QED) is 0.125. The van der Waals surface area contributed by atoms with Crippen LogP contribution in [0.2, 0.25) is 0 Å². The summed E-state index contributed by atoms with van der Waals surface area (Å²) >= 11 is 0. The fourth-order valence-electron chi connectivity index (χ4n) is 4.20. The van der Waals surface area contributed by atoms with E-state index in [2.05, 4.69) is 13.8 Å². The second-order valence-electron chi connectivity index (χ2n) is 9.55. The van der Waals surface area contributed by atoms with Crippen LogP contribution in [0.1, 0.15) is 142 Å².